The van der Waals surface area contributed by atoms with Crippen molar-refractivity contribution in [3.63, 3.8) is 0 Å². The molecule has 1 heterocycles. The molecule has 2 rings (SSSR count). The van der Waals surface area contributed by atoms with Gasteiger partial charge in [0.25, 0.3) is 11.8 Å². The summed E-state index contributed by atoms with van der Waals surface area (Å²) < 4.78 is 0. The zero-order valence-corrected chi connectivity index (χ0v) is 13.9. The van der Waals surface area contributed by atoms with Crippen LogP contribution < -0.4 is 10.6 Å². The molecule has 0 aliphatic carbocycles. The number of hydrogen-bond acceptors (Lipinski definition) is 3. The quantitative estimate of drug-likeness (QED) is 0.642. The van der Waals surface area contributed by atoms with E-state index in [1.807, 2.05) is 19.1 Å². The zero-order valence-electron chi connectivity index (χ0n) is 12.4. The van der Waals surface area contributed by atoms with E-state index in [-0.39, 0.29) is 28.7 Å². The lowest BCUT2D eigenvalue weighted by Gasteiger charge is -2.08. The number of carbonyl (C=O) groups excluding carboxylic acids is 2. The van der Waals surface area contributed by atoms with Crippen molar-refractivity contribution in [3.8, 4) is 0 Å². The number of carbonyl (C=O) groups is 2. The van der Waals surface area contributed by atoms with Gasteiger partial charge >= 0.3 is 0 Å². The van der Waals surface area contributed by atoms with Gasteiger partial charge in [-0.15, -0.1) is 0 Å². The van der Waals surface area contributed by atoms with Crippen molar-refractivity contribution in [2.24, 2.45) is 0 Å². The molecule has 2 amide bonds. The second kappa shape index (κ2) is 7.94. The third kappa shape index (κ3) is 5.23. The minimum Gasteiger partial charge on any atom is -0.350 e. The van der Waals surface area contributed by atoms with Crippen LogP contribution in [0, 0.1) is 6.92 Å². The van der Waals surface area contributed by atoms with Gasteiger partial charge in [0.1, 0.15) is 10.3 Å². The number of rotatable bonds is 5. The minimum absolute atomic E-state index is 0.148. The van der Waals surface area contributed by atoms with Gasteiger partial charge < -0.3 is 10.6 Å². The molecule has 1 aromatic carbocycles. The Morgan fingerprint density at radius 2 is 1.39 bits per heavy atom. The molecule has 1 aromatic heterocycles. The Balaban J connectivity index is 1.79. The van der Waals surface area contributed by atoms with E-state index < -0.39 is 0 Å². The summed E-state index contributed by atoms with van der Waals surface area (Å²) in [6.07, 6.45) is 0. The van der Waals surface area contributed by atoms with Crippen LogP contribution in [0.4, 0.5) is 0 Å². The summed E-state index contributed by atoms with van der Waals surface area (Å²) in [7, 11) is 0. The number of nitrogens with zero attached hydrogens (tertiary/aromatic N) is 1. The SMILES string of the molecule is Cc1ccc(C(=O)NCCNC(=O)c2cc(Cl)nc(Cl)c2)cc1. The summed E-state index contributed by atoms with van der Waals surface area (Å²) in [6.45, 7) is 2.55. The fourth-order valence-electron chi connectivity index (χ4n) is 1.86. The summed E-state index contributed by atoms with van der Waals surface area (Å²) >= 11 is 11.5. The number of pyridine rings is 1. The Bertz CT molecular complexity index is 698. The molecule has 2 aromatic rings. The maximum atomic E-state index is 11.9. The molecule has 2 N–H and O–H groups in total. The standard InChI is InChI=1S/C16H15Cl2N3O2/c1-10-2-4-11(5-3-10)15(22)19-6-7-20-16(23)12-8-13(17)21-14(18)9-12/h2-5,8-9H,6-7H2,1H3,(H,19,22)(H,20,23). The zero-order chi connectivity index (χ0) is 16.8. The van der Waals surface area contributed by atoms with Crippen molar-refractivity contribution in [2.45, 2.75) is 6.92 Å². The third-order valence-electron chi connectivity index (χ3n) is 3.03. The Kier molecular flexibility index (Phi) is 5.96. The molecule has 0 fully saturated rings. The van der Waals surface area contributed by atoms with E-state index in [0.29, 0.717) is 17.7 Å². The minimum atomic E-state index is -0.333. The molecule has 0 atom stereocenters. The first kappa shape index (κ1) is 17.2. The average molecular weight is 352 g/mol. The third-order valence-corrected chi connectivity index (χ3v) is 3.42. The number of benzene rings is 1. The van der Waals surface area contributed by atoms with E-state index in [4.69, 9.17) is 23.2 Å². The Morgan fingerprint density at radius 3 is 1.91 bits per heavy atom. The highest BCUT2D eigenvalue weighted by molar-refractivity contribution is 6.33. The van der Waals surface area contributed by atoms with E-state index in [2.05, 4.69) is 15.6 Å². The molecule has 7 heteroatoms. The number of nitrogens with one attached hydrogen (secondary N) is 2. The van der Waals surface area contributed by atoms with Crippen LogP contribution in [0.2, 0.25) is 10.3 Å². The van der Waals surface area contributed by atoms with Gasteiger partial charge in [-0.1, -0.05) is 40.9 Å². The van der Waals surface area contributed by atoms with Crippen molar-refractivity contribution >= 4 is 35.0 Å². The molecular weight excluding hydrogens is 337 g/mol. The van der Waals surface area contributed by atoms with Crippen LogP contribution in [0.1, 0.15) is 26.3 Å². The van der Waals surface area contributed by atoms with E-state index >= 15 is 0 Å². The molecule has 0 saturated carbocycles. The maximum absolute atomic E-state index is 11.9. The van der Waals surface area contributed by atoms with Crippen LogP contribution in [-0.2, 0) is 0 Å². The van der Waals surface area contributed by atoms with Crippen molar-refractivity contribution in [2.75, 3.05) is 13.1 Å². The highest BCUT2D eigenvalue weighted by atomic mass is 35.5. The lowest BCUT2D eigenvalue weighted by Crippen LogP contribution is -2.34. The highest BCUT2D eigenvalue weighted by Gasteiger charge is 2.09. The Labute approximate surface area is 144 Å². The van der Waals surface area contributed by atoms with Crippen LogP contribution in [0.3, 0.4) is 0 Å². The van der Waals surface area contributed by atoms with Crippen LogP contribution in [0.5, 0.6) is 0 Å². The summed E-state index contributed by atoms with van der Waals surface area (Å²) in [6, 6.07) is 10.1. The van der Waals surface area contributed by atoms with Gasteiger partial charge in [-0.25, -0.2) is 4.98 Å². The van der Waals surface area contributed by atoms with Crippen molar-refractivity contribution < 1.29 is 9.59 Å². The number of aryl methyl sites for hydroxylation is 1. The molecule has 0 aliphatic rings. The second-order valence-electron chi connectivity index (χ2n) is 4.88. The van der Waals surface area contributed by atoms with Gasteiger partial charge in [0, 0.05) is 24.2 Å². The van der Waals surface area contributed by atoms with Crippen LogP contribution in [0.25, 0.3) is 0 Å². The number of aromatic nitrogens is 1. The van der Waals surface area contributed by atoms with Gasteiger partial charge in [0.05, 0.1) is 0 Å². The number of amides is 2. The van der Waals surface area contributed by atoms with E-state index in [9.17, 15) is 9.59 Å². The van der Waals surface area contributed by atoms with Crippen LogP contribution in [0.15, 0.2) is 36.4 Å². The highest BCUT2D eigenvalue weighted by Crippen LogP contribution is 2.14. The average Bonchev–Trinajstić information content (AvgIpc) is 2.50. The molecule has 0 bridgehead atoms. The fourth-order valence-corrected chi connectivity index (χ4v) is 2.32. The number of halogens is 2. The summed E-state index contributed by atoms with van der Waals surface area (Å²) in [5, 5.41) is 5.70. The largest absolute Gasteiger partial charge is 0.350 e. The molecule has 0 spiro atoms. The van der Waals surface area contributed by atoms with E-state index in [1.165, 1.54) is 12.1 Å². The normalized spacial score (nSPS) is 10.2. The first-order valence-electron chi connectivity index (χ1n) is 6.92. The smallest absolute Gasteiger partial charge is 0.251 e. The van der Waals surface area contributed by atoms with Crippen LogP contribution >= 0.6 is 23.2 Å². The van der Waals surface area contributed by atoms with Crippen molar-refractivity contribution in [3.05, 3.63) is 63.4 Å². The predicted octanol–water partition coefficient (Wildman–Crippen LogP) is 2.86. The van der Waals surface area contributed by atoms with Gasteiger partial charge in [-0.05, 0) is 31.2 Å². The lowest BCUT2D eigenvalue weighted by molar-refractivity contribution is 0.0927. The van der Waals surface area contributed by atoms with Crippen LogP contribution in [-0.4, -0.2) is 29.9 Å². The lowest BCUT2D eigenvalue weighted by atomic mass is 10.1. The van der Waals surface area contributed by atoms with E-state index in [0.717, 1.165) is 5.56 Å². The topological polar surface area (TPSA) is 71.1 Å². The van der Waals surface area contributed by atoms with Gasteiger partial charge in [-0.2, -0.15) is 0 Å². The fraction of sp³-hybridized carbons (Fsp3) is 0.188. The van der Waals surface area contributed by atoms with Gasteiger partial charge in [-0.3, -0.25) is 9.59 Å². The summed E-state index contributed by atoms with van der Waals surface area (Å²) in [4.78, 5) is 27.6. The molecule has 5 nitrogen and oxygen atoms in total. The van der Waals surface area contributed by atoms with Gasteiger partial charge in [0.2, 0.25) is 0 Å². The summed E-state index contributed by atoms with van der Waals surface area (Å²) in [5.41, 5.74) is 1.98. The molecule has 120 valence electrons. The summed E-state index contributed by atoms with van der Waals surface area (Å²) in [5.74, 6) is -0.518. The predicted molar refractivity (Wildman–Crippen MR) is 90.1 cm³/mol. The molecular formula is C16H15Cl2N3O2. The number of hydrogen-bond donors (Lipinski definition) is 2. The Hall–Kier alpha value is -2.11. The Morgan fingerprint density at radius 1 is 0.913 bits per heavy atom. The van der Waals surface area contributed by atoms with Crippen molar-refractivity contribution in [1.29, 1.82) is 0 Å². The second-order valence-corrected chi connectivity index (χ2v) is 5.65. The molecule has 0 saturated heterocycles. The molecule has 0 aliphatic heterocycles. The first-order valence-corrected chi connectivity index (χ1v) is 7.67. The molecule has 0 unspecified atom stereocenters. The maximum Gasteiger partial charge on any atom is 0.251 e. The first-order chi connectivity index (χ1) is 11.0. The van der Waals surface area contributed by atoms with Gasteiger partial charge in [0.15, 0.2) is 0 Å². The molecule has 23 heavy (non-hydrogen) atoms. The van der Waals surface area contributed by atoms with Crippen molar-refractivity contribution in [1.82, 2.24) is 15.6 Å². The monoisotopic (exact) mass is 351 g/mol. The molecule has 0 radical (unpaired) electrons. The van der Waals surface area contributed by atoms with E-state index in [1.54, 1.807) is 12.1 Å².